The molecule has 0 saturated heterocycles. The fourth-order valence-electron chi connectivity index (χ4n) is 2.21. The van der Waals surface area contributed by atoms with E-state index in [0.717, 1.165) is 11.1 Å². The van der Waals surface area contributed by atoms with Gasteiger partial charge in [0, 0.05) is 11.3 Å². The summed E-state index contributed by atoms with van der Waals surface area (Å²) in [5.74, 6) is -1.50. The summed E-state index contributed by atoms with van der Waals surface area (Å²) in [7, 11) is 0. The number of carbonyl (C=O) groups excluding carboxylic acids is 3. The molecule has 0 aliphatic rings. The highest BCUT2D eigenvalue weighted by molar-refractivity contribution is 5.97. The molecular weight excluding hydrogens is 332 g/mol. The average Bonchev–Trinajstić information content (AvgIpc) is 2.63. The minimum atomic E-state index is -0.864. The van der Waals surface area contributed by atoms with Crippen molar-refractivity contribution in [2.45, 2.75) is 26.8 Å². The number of carbonyl (C=O) groups is 3. The van der Waals surface area contributed by atoms with Gasteiger partial charge in [-0.25, -0.2) is 4.79 Å². The largest absolute Gasteiger partial charge is 0.454 e. The molecule has 2 amide bonds. The summed E-state index contributed by atoms with van der Waals surface area (Å²) in [4.78, 5) is 35.9. The molecule has 1 atom stereocenters. The molecule has 0 saturated carbocycles. The van der Waals surface area contributed by atoms with Crippen molar-refractivity contribution in [1.29, 1.82) is 0 Å². The molecule has 2 aromatic carbocycles. The van der Waals surface area contributed by atoms with Crippen molar-refractivity contribution >= 4 is 23.5 Å². The Hall–Kier alpha value is -3.15. The molecule has 0 unspecified atom stereocenters. The van der Waals surface area contributed by atoms with Crippen LogP contribution in [0.4, 0.5) is 5.69 Å². The lowest BCUT2D eigenvalue weighted by Gasteiger charge is -2.13. The molecule has 2 rings (SSSR count). The molecule has 136 valence electrons. The third-order valence-corrected chi connectivity index (χ3v) is 3.87. The maximum atomic E-state index is 12.0. The van der Waals surface area contributed by atoms with Crippen LogP contribution >= 0.6 is 0 Å². The zero-order valence-electron chi connectivity index (χ0n) is 15.0. The van der Waals surface area contributed by atoms with Gasteiger partial charge in [-0.2, -0.15) is 0 Å². The van der Waals surface area contributed by atoms with Gasteiger partial charge in [0.1, 0.15) is 6.04 Å². The van der Waals surface area contributed by atoms with Gasteiger partial charge in [0.05, 0.1) is 0 Å². The van der Waals surface area contributed by atoms with Crippen molar-refractivity contribution < 1.29 is 19.1 Å². The molecule has 0 bridgehead atoms. The minimum Gasteiger partial charge on any atom is -0.454 e. The maximum Gasteiger partial charge on any atom is 0.328 e. The second-order valence-electron chi connectivity index (χ2n) is 6.02. The van der Waals surface area contributed by atoms with Crippen LogP contribution in [0, 0.1) is 13.8 Å². The van der Waals surface area contributed by atoms with Crippen molar-refractivity contribution in [2.75, 3.05) is 11.9 Å². The lowest BCUT2D eigenvalue weighted by Crippen LogP contribution is -2.40. The van der Waals surface area contributed by atoms with E-state index in [0.29, 0.717) is 11.3 Å². The molecule has 0 radical (unpaired) electrons. The number of hydrogen-bond acceptors (Lipinski definition) is 4. The lowest BCUT2D eigenvalue weighted by atomic mass is 10.1. The van der Waals surface area contributed by atoms with Crippen LogP contribution in [0.1, 0.15) is 28.4 Å². The van der Waals surface area contributed by atoms with Gasteiger partial charge in [-0.3, -0.25) is 9.59 Å². The predicted molar refractivity (Wildman–Crippen MR) is 98.9 cm³/mol. The van der Waals surface area contributed by atoms with Crippen LogP contribution < -0.4 is 10.6 Å². The highest BCUT2D eigenvalue weighted by Gasteiger charge is 2.19. The molecule has 26 heavy (non-hydrogen) atoms. The fourth-order valence-corrected chi connectivity index (χ4v) is 2.21. The monoisotopic (exact) mass is 354 g/mol. The minimum absolute atomic E-state index is 0.380. The number of anilines is 1. The van der Waals surface area contributed by atoms with E-state index in [4.69, 9.17) is 4.74 Å². The maximum absolute atomic E-state index is 12.0. The van der Waals surface area contributed by atoms with E-state index in [9.17, 15) is 14.4 Å². The molecule has 2 N–H and O–H groups in total. The van der Waals surface area contributed by atoms with E-state index in [1.165, 1.54) is 6.92 Å². The molecular formula is C20H22N2O4. The highest BCUT2D eigenvalue weighted by atomic mass is 16.5. The molecule has 0 aromatic heterocycles. The van der Waals surface area contributed by atoms with E-state index in [1.54, 1.807) is 36.4 Å². The summed E-state index contributed by atoms with van der Waals surface area (Å²) in [6.45, 7) is 5.01. The normalized spacial score (nSPS) is 11.3. The Kier molecular flexibility index (Phi) is 6.49. The van der Waals surface area contributed by atoms with Gasteiger partial charge in [0.25, 0.3) is 11.8 Å². The number of hydrogen-bond donors (Lipinski definition) is 2. The van der Waals surface area contributed by atoms with E-state index < -0.39 is 24.5 Å². The van der Waals surface area contributed by atoms with Crippen LogP contribution in [0.25, 0.3) is 0 Å². The van der Waals surface area contributed by atoms with E-state index in [1.807, 2.05) is 26.0 Å². The highest BCUT2D eigenvalue weighted by Crippen LogP contribution is 2.14. The molecule has 6 heteroatoms. The summed E-state index contributed by atoms with van der Waals surface area (Å²) in [5.41, 5.74) is 3.26. The topological polar surface area (TPSA) is 84.5 Å². The molecule has 6 nitrogen and oxygen atoms in total. The number of benzene rings is 2. The van der Waals surface area contributed by atoms with Crippen molar-refractivity contribution in [3.8, 4) is 0 Å². The zero-order chi connectivity index (χ0) is 19.1. The van der Waals surface area contributed by atoms with Gasteiger partial charge < -0.3 is 15.4 Å². The molecule has 0 aliphatic heterocycles. The zero-order valence-corrected chi connectivity index (χ0v) is 15.0. The SMILES string of the molecule is Cc1ccc(NC(=O)COC(=O)[C@H](C)NC(=O)c2ccccc2)cc1C. The number of amides is 2. The van der Waals surface area contributed by atoms with Crippen LogP contribution in [0.15, 0.2) is 48.5 Å². The summed E-state index contributed by atoms with van der Waals surface area (Å²) in [6.07, 6.45) is 0. The van der Waals surface area contributed by atoms with Crippen LogP contribution in [0.5, 0.6) is 0 Å². The molecule has 2 aromatic rings. The van der Waals surface area contributed by atoms with Gasteiger partial charge >= 0.3 is 5.97 Å². The number of rotatable bonds is 6. The molecule has 0 spiro atoms. The van der Waals surface area contributed by atoms with Gasteiger partial charge in [0.2, 0.25) is 0 Å². The first-order valence-electron chi connectivity index (χ1n) is 8.26. The van der Waals surface area contributed by atoms with E-state index in [-0.39, 0.29) is 5.91 Å². The van der Waals surface area contributed by atoms with Crippen molar-refractivity contribution in [1.82, 2.24) is 5.32 Å². The van der Waals surface area contributed by atoms with Crippen LogP contribution in [0.2, 0.25) is 0 Å². The quantitative estimate of drug-likeness (QED) is 0.781. The third-order valence-electron chi connectivity index (χ3n) is 3.87. The molecule has 0 fully saturated rings. The average molecular weight is 354 g/mol. The summed E-state index contributed by atoms with van der Waals surface area (Å²) in [6, 6.07) is 13.2. The standard InChI is InChI=1S/C20H22N2O4/c1-13-9-10-17(11-14(13)2)22-18(23)12-26-20(25)15(3)21-19(24)16-7-5-4-6-8-16/h4-11,15H,12H2,1-3H3,(H,21,24)(H,22,23)/t15-/m0/s1. The van der Waals surface area contributed by atoms with Crippen molar-refractivity contribution in [2.24, 2.45) is 0 Å². The Morgan fingerprint density at radius 2 is 1.69 bits per heavy atom. The first-order valence-corrected chi connectivity index (χ1v) is 8.26. The Morgan fingerprint density at radius 1 is 1.00 bits per heavy atom. The van der Waals surface area contributed by atoms with Gasteiger partial charge in [-0.05, 0) is 56.2 Å². The predicted octanol–water partition coefficient (Wildman–Crippen LogP) is 2.60. The Balaban J connectivity index is 1.80. The number of esters is 1. The second-order valence-corrected chi connectivity index (χ2v) is 6.02. The van der Waals surface area contributed by atoms with Gasteiger partial charge in [-0.15, -0.1) is 0 Å². The molecule has 0 aliphatic carbocycles. The Bertz CT molecular complexity index is 803. The van der Waals surface area contributed by atoms with E-state index >= 15 is 0 Å². The van der Waals surface area contributed by atoms with Gasteiger partial charge in [-0.1, -0.05) is 24.3 Å². The summed E-state index contributed by atoms with van der Waals surface area (Å²) >= 11 is 0. The summed E-state index contributed by atoms with van der Waals surface area (Å²) in [5, 5.41) is 5.21. The van der Waals surface area contributed by atoms with Crippen molar-refractivity contribution in [3.05, 3.63) is 65.2 Å². The van der Waals surface area contributed by atoms with E-state index in [2.05, 4.69) is 10.6 Å². The first kappa shape index (κ1) is 19.2. The Morgan fingerprint density at radius 3 is 2.35 bits per heavy atom. The van der Waals surface area contributed by atoms with Crippen molar-refractivity contribution in [3.63, 3.8) is 0 Å². The molecule has 0 heterocycles. The second kappa shape index (κ2) is 8.80. The fraction of sp³-hybridized carbons (Fsp3) is 0.250. The van der Waals surface area contributed by atoms with Crippen LogP contribution in [-0.2, 0) is 14.3 Å². The van der Waals surface area contributed by atoms with Crippen LogP contribution in [0.3, 0.4) is 0 Å². The number of ether oxygens (including phenoxy) is 1. The Labute approximate surface area is 152 Å². The van der Waals surface area contributed by atoms with Gasteiger partial charge in [0.15, 0.2) is 6.61 Å². The van der Waals surface area contributed by atoms with Crippen LogP contribution in [-0.4, -0.2) is 30.4 Å². The third kappa shape index (κ3) is 5.44. The first-order chi connectivity index (χ1) is 12.4. The summed E-state index contributed by atoms with van der Waals surface area (Å²) < 4.78 is 4.96. The number of nitrogens with one attached hydrogen (secondary N) is 2. The smallest absolute Gasteiger partial charge is 0.328 e. The number of aryl methyl sites for hydroxylation is 2. The lowest BCUT2D eigenvalue weighted by molar-refractivity contribution is -0.148.